The van der Waals surface area contributed by atoms with Gasteiger partial charge in [-0.15, -0.1) is 0 Å². The number of carbonyl (C=O) groups is 1. The lowest BCUT2D eigenvalue weighted by Gasteiger charge is -2.20. The molecule has 1 unspecified atom stereocenters. The summed E-state index contributed by atoms with van der Waals surface area (Å²) in [7, 11) is 0. The molecule has 1 amide bonds. The summed E-state index contributed by atoms with van der Waals surface area (Å²) in [4.78, 5) is 11.9. The van der Waals surface area contributed by atoms with E-state index in [2.05, 4.69) is 5.32 Å². The monoisotopic (exact) mass is 251 g/mol. The molecule has 98 valence electrons. The van der Waals surface area contributed by atoms with Gasteiger partial charge < -0.3 is 20.3 Å². The lowest BCUT2D eigenvalue weighted by molar-refractivity contribution is 0.0264. The number of ether oxygens (including phenoxy) is 1. The molecule has 0 spiro atoms. The maximum absolute atomic E-state index is 11.9. The number of benzene rings is 1. The van der Waals surface area contributed by atoms with Crippen LogP contribution in [0.3, 0.4) is 0 Å². The third-order valence-electron chi connectivity index (χ3n) is 3.21. The summed E-state index contributed by atoms with van der Waals surface area (Å²) >= 11 is 0. The van der Waals surface area contributed by atoms with Crippen LogP contribution in [-0.2, 0) is 4.74 Å². The standard InChI is InChI=1S/C13H17NO4/c1-9-10(3-2-4-11(9)15)12(16)14-7-13(17)5-6-18-8-13/h2-4,15,17H,5-8H2,1H3,(H,14,16). The molecule has 5 nitrogen and oxygen atoms in total. The number of phenolic OH excluding ortho intramolecular Hbond substituents is 1. The fourth-order valence-electron chi connectivity index (χ4n) is 1.95. The number of phenols is 1. The van der Waals surface area contributed by atoms with Gasteiger partial charge in [-0.25, -0.2) is 0 Å². The van der Waals surface area contributed by atoms with Crippen LogP contribution in [0.25, 0.3) is 0 Å². The molecule has 1 fully saturated rings. The van der Waals surface area contributed by atoms with Gasteiger partial charge >= 0.3 is 0 Å². The van der Waals surface area contributed by atoms with Crippen LogP contribution in [0.2, 0.25) is 0 Å². The summed E-state index contributed by atoms with van der Waals surface area (Å²) in [6.45, 7) is 2.59. The summed E-state index contributed by atoms with van der Waals surface area (Å²) in [5.74, 6) is -0.214. The Morgan fingerprint density at radius 2 is 2.33 bits per heavy atom. The van der Waals surface area contributed by atoms with E-state index in [-0.39, 0.29) is 24.8 Å². The molecule has 0 saturated carbocycles. The van der Waals surface area contributed by atoms with Crippen molar-refractivity contribution in [2.75, 3.05) is 19.8 Å². The molecule has 3 N–H and O–H groups in total. The quantitative estimate of drug-likeness (QED) is 0.734. The number of carbonyl (C=O) groups excluding carboxylic acids is 1. The van der Waals surface area contributed by atoms with Crippen molar-refractivity contribution in [2.24, 2.45) is 0 Å². The van der Waals surface area contributed by atoms with Gasteiger partial charge in [0.15, 0.2) is 0 Å². The lowest BCUT2D eigenvalue weighted by Crippen LogP contribution is -2.43. The third kappa shape index (κ3) is 2.63. The first-order chi connectivity index (χ1) is 8.52. The van der Waals surface area contributed by atoms with Gasteiger partial charge in [0, 0.05) is 30.7 Å². The smallest absolute Gasteiger partial charge is 0.251 e. The molecule has 5 heteroatoms. The minimum atomic E-state index is -0.972. The fourth-order valence-corrected chi connectivity index (χ4v) is 1.95. The van der Waals surface area contributed by atoms with Crippen LogP contribution in [0, 0.1) is 6.92 Å². The highest BCUT2D eigenvalue weighted by Crippen LogP contribution is 2.20. The van der Waals surface area contributed by atoms with Gasteiger partial charge in [-0.1, -0.05) is 6.07 Å². The maximum atomic E-state index is 11.9. The van der Waals surface area contributed by atoms with Crippen molar-refractivity contribution in [3.8, 4) is 5.75 Å². The van der Waals surface area contributed by atoms with Gasteiger partial charge in [0.05, 0.1) is 6.61 Å². The molecule has 0 bridgehead atoms. The van der Waals surface area contributed by atoms with Crippen molar-refractivity contribution in [3.63, 3.8) is 0 Å². The van der Waals surface area contributed by atoms with Crippen molar-refractivity contribution < 1.29 is 19.7 Å². The molecule has 18 heavy (non-hydrogen) atoms. The zero-order valence-corrected chi connectivity index (χ0v) is 10.3. The molecule has 1 heterocycles. The molecule has 2 rings (SSSR count). The summed E-state index contributed by atoms with van der Waals surface area (Å²) in [6, 6.07) is 4.79. The molecule has 1 atom stereocenters. The topological polar surface area (TPSA) is 78.8 Å². The van der Waals surface area contributed by atoms with E-state index in [1.54, 1.807) is 19.1 Å². The van der Waals surface area contributed by atoms with E-state index in [1.165, 1.54) is 6.07 Å². The Labute approximate surface area is 105 Å². The average Bonchev–Trinajstić information content (AvgIpc) is 2.77. The zero-order valence-electron chi connectivity index (χ0n) is 10.3. The molecule has 1 aliphatic heterocycles. The highest BCUT2D eigenvalue weighted by Gasteiger charge is 2.32. The third-order valence-corrected chi connectivity index (χ3v) is 3.21. The minimum absolute atomic E-state index is 0.0885. The number of nitrogens with one attached hydrogen (secondary N) is 1. The Morgan fingerprint density at radius 1 is 1.56 bits per heavy atom. The molecule has 1 aromatic carbocycles. The summed E-state index contributed by atoms with van der Waals surface area (Å²) in [5.41, 5.74) is -0.0254. The predicted octanol–water partition coefficient (Wildman–Crippen LogP) is 0.582. The lowest BCUT2D eigenvalue weighted by atomic mass is 10.0. The van der Waals surface area contributed by atoms with Gasteiger partial charge in [-0.3, -0.25) is 4.79 Å². The summed E-state index contributed by atoms with van der Waals surface area (Å²) in [6.07, 6.45) is 0.520. The van der Waals surface area contributed by atoms with Gasteiger partial charge in [0.25, 0.3) is 5.91 Å². The zero-order chi connectivity index (χ0) is 13.2. The van der Waals surface area contributed by atoms with E-state index in [0.717, 1.165) is 0 Å². The van der Waals surface area contributed by atoms with Gasteiger partial charge in [-0.2, -0.15) is 0 Å². The van der Waals surface area contributed by atoms with Crippen LogP contribution in [0.1, 0.15) is 22.3 Å². The van der Waals surface area contributed by atoms with E-state index in [9.17, 15) is 15.0 Å². The van der Waals surface area contributed by atoms with Crippen molar-refractivity contribution >= 4 is 5.91 Å². The Bertz CT molecular complexity index is 452. The first-order valence-electron chi connectivity index (χ1n) is 5.89. The summed E-state index contributed by atoms with van der Waals surface area (Å²) < 4.78 is 5.10. The number of hydrogen-bond donors (Lipinski definition) is 3. The molecule has 0 aromatic heterocycles. The van der Waals surface area contributed by atoms with Crippen molar-refractivity contribution in [1.82, 2.24) is 5.32 Å². The molecular formula is C13H17NO4. The number of aromatic hydroxyl groups is 1. The van der Waals surface area contributed by atoms with Crippen LogP contribution >= 0.6 is 0 Å². The van der Waals surface area contributed by atoms with E-state index < -0.39 is 5.60 Å². The first-order valence-corrected chi connectivity index (χ1v) is 5.89. The number of aliphatic hydroxyl groups is 1. The van der Waals surface area contributed by atoms with Crippen LogP contribution in [0.15, 0.2) is 18.2 Å². The first kappa shape index (κ1) is 12.9. The number of rotatable bonds is 3. The van der Waals surface area contributed by atoms with Crippen LogP contribution in [0.5, 0.6) is 5.75 Å². The number of hydrogen-bond acceptors (Lipinski definition) is 4. The molecule has 1 saturated heterocycles. The Hall–Kier alpha value is -1.59. The molecule has 1 aromatic rings. The van der Waals surface area contributed by atoms with E-state index >= 15 is 0 Å². The van der Waals surface area contributed by atoms with Crippen molar-refractivity contribution in [3.05, 3.63) is 29.3 Å². The van der Waals surface area contributed by atoms with Gasteiger partial charge in [0.2, 0.25) is 0 Å². The second kappa shape index (κ2) is 4.96. The highest BCUT2D eigenvalue weighted by molar-refractivity contribution is 5.96. The summed E-state index contributed by atoms with van der Waals surface area (Å²) in [5, 5.41) is 22.2. The Morgan fingerprint density at radius 3 is 3.00 bits per heavy atom. The van der Waals surface area contributed by atoms with E-state index in [1.807, 2.05) is 0 Å². The van der Waals surface area contributed by atoms with Crippen LogP contribution < -0.4 is 5.32 Å². The minimum Gasteiger partial charge on any atom is -0.508 e. The maximum Gasteiger partial charge on any atom is 0.251 e. The Balaban J connectivity index is 2.01. The van der Waals surface area contributed by atoms with Crippen LogP contribution in [-0.4, -0.2) is 41.5 Å². The highest BCUT2D eigenvalue weighted by atomic mass is 16.5. The predicted molar refractivity (Wildman–Crippen MR) is 65.6 cm³/mol. The SMILES string of the molecule is Cc1c(O)cccc1C(=O)NCC1(O)CCOC1. The van der Waals surface area contributed by atoms with Crippen molar-refractivity contribution in [2.45, 2.75) is 18.9 Å². The van der Waals surface area contributed by atoms with Crippen LogP contribution in [0.4, 0.5) is 0 Å². The van der Waals surface area contributed by atoms with Gasteiger partial charge in [0.1, 0.15) is 11.4 Å². The second-order valence-corrected chi connectivity index (χ2v) is 4.66. The molecule has 0 aliphatic carbocycles. The Kier molecular flexibility index (Phi) is 3.54. The van der Waals surface area contributed by atoms with Crippen molar-refractivity contribution in [1.29, 1.82) is 0 Å². The second-order valence-electron chi connectivity index (χ2n) is 4.66. The number of amides is 1. The fraction of sp³-hybridized carbons (Fsp3) is 0.462. The molecule has 1 aliphatic rings. The van der Waals surface area contributed by atoms with Gasteiger partial charge in [-0.05, 0) is 19.1 Å². The average molecular weight is 251 g/mol. The van der Waals surface area contributed by atoms with E-state index in [0.29, 0.717) is 24.2 Å². The molecule has 0 radical (unpaired) electrons. The van der Waals surface area contributed by atoms with E-state index in [4.69, 9.17) is 4.74 Å². The largest absolute Gasteiger partial charge is 0.508 e. The normalized spacial score (nSPS) is 23.0. The molecular weight excluding hydrogens is 234 g/mol.